The van der Waals surface area contributed by atoms with Crippen molar-refractivity contribution >= 4 is 35.3 Å². The van der Waals surface area contributed by atoms with E-state index >= 15 is 0 Å². The molecule has 3 heteroatoms. The number of rotatable bonds is 0. The molecule has 0 amide bonds. The van der Waals surface area contributed by atoms with Crippen molar-refractivity contribution in [3.63, 3.8) is 0 Å². The number of fused-ring (bicyclic) bond motifs is 6. The Kier molecular flexibility index (Phi) is 5.41. The van der Waals surface area contributed by atoms with Crippen LogP contribution >= 0.6 is 35.3 Å². The quantitative estimate of drug-likeness (QED) is 0.588. The summed E-state index contributed by atoms with van der Waals surface area (Å²) in [5, 5.41) is 0. The molecule has 3 aliphatic heterocycles. The Morgan fingerprint density at radius 3 is 0.714 bits per heavy atom. The Bertz CT molecular complexity index is 251. The molecular formula is C18H30S3. The summed E-state index contributed by atoms with van der Waals surface area (Å²) >= 11 is 6.99. The van der Waals surface area contributed by atoms with Crippen LogP contribution in [0.3, 0.4) is 0 Å². The zero-order chi connectivity index (χ0) is 14.1. The third-order valence-corrected chi connectivity index (χ3v) is 10.4. The molecule has 5 aliphatic rings. The highest BCUT2D eigenvalue weighted by Crippen LogP contribution is 2.44. The monoisotopic (exact) mass is 342 g/mol. The predicted molar refractivity (Wildman–Crippen MR) is 101 cm³/mol. The largest absolute Gasteiger partial charge is 0.161 e. The van der Waals surface area contributed by atoms with E-state index in [0.29, 0.717) is 0 Å². The van der Waals surface area contributed by atoms with Crippen molar-refractivity contribution in [3.05, 3.63) is 0 Å². The van der Waals surface area contributed by atoms with Crippen LogP contribution in [0.2, 0.25) is 0 Å². The van der Waals surface area contributed by atoms with Gasteiger partial charge in [0.2, 0.25) is 0 Å². The Labute approximate surface area is 143 Å². The van der Waals surface area contributed by atoms with Gasteiger partial charge < -0.3 is 0 Å². The fraction of sp³-hybridized carbons (Fsp3) is 1.00. The van der Waals surface area contributed by atoms with Crippen LogP contribution in [0.25, 0.3) is 0 Å². The smallest absolute Gasteiger partial charge is 0.00388 e. The van der Waals surface area contributed by atoms with Crippen LogP contribution in [0.15, 0.2) is 0 Å². The van der Waals surface area contributed by atoms with Gasteiger partial charge in [0.15, 0.2) is 0 Å². The summed E-state index contributed by atoms with van der Waals surface area (Å²) in [5.74, 6) is 15.2. The highest BCUT2D eigenvalue weighted by atomic mass is 32.2. The van der Waals surface area contributed by atoms with Gasteiger partial charge >= 0.3 is 0 Å². The first-order valence-corrected chi connectivity index (χ1v) is 12.5. The van der Waals surface area contributed by atoms with Crippen LogP contribution in [-0.2, 0) is 0 Å². The van der Waals surface area contributed by atoms with Gasteiger partial charge in [0.25, 0.3) is 0 Å². The molecule has 0 aromatic rings. The molecule has 0 nitrogen and oxygen atoms in total. The van der Waals surface area contributed by atoms with E-state index in [1.54, 1.807) is 38.5 Å². The third kappa shape index (κ3) is 4.12. The first-order valence-electron chi connectivity index (χ1n) is 9.08. The Morgan fingerprint density at radius 2 is 0.524 bits per heavy atom. The second kappa shape index (κ2) is 7.30. The summed E-state index contributed by atoms with van der Waals surface area (Å²) < 4.78 is 0. The Balaban J connectivity index is 1.55. The number of thioether (sulfide) groups is 3. The van der Waals surface area contributed by atoms with Crippen LogP contribution in [0.1, 0.15) is 38.5 Å². The second-order valence-corrected chi connectivity index (χ2v) is 11.4. The molecule has 2 saturated carbocycles. The van der Waals surface area contributed by atoms with E-state index in [1.165, 1.54) is 34.5 Å². The van der Waals surface area contributed by atoms with E-state index in [9.17, 15) is 0 Å². The Hall–Kier alpha value is 1.05. The zero-order valence-electron chi connectivity index (χ0n) is 13.2. The molecule has 2 aliphatic carbocycles. The molecule has 0 N–H and O–H groups in total. The molecule has 0 radical (unpaired) electrons. The number of hydrogen-bond donors (Lipinski definition) is 0. The second-order valence-electron chi connectivity index (χ2n) is 8.22. The summed E-state index contributed by atoms with van der Waals surface area (Å²) in [7, 11) is 0. The molecule has 0 atom stereocenters. The van der Waals surface area contributed by atoms with Gasteiger partial charge in [-0.3, -0.25) is 0 Å². The van der Waals surface area contributed by atoms with Gasteiger partial charge in [-0.25, -0.2) is 0 Å². The molecule has 5 fully saturated rings. The number of hydrogen-bond acceptors (Lipinski definition) is 3. The third-order valence-electron chi connectivity index (χ3n) is 6.12. The van der Waals surface area contributed by atoms with Gasteiger partial charge in [-0.05, 0) is 109 Å². The summed E-state index contributed by atoms with van der Waals surface area (Å²) in [6.07, 6.45) is 9.33. The highest BCUT2D eigenvalue weighted by molar-refractivity contribution is 7.99. The van der Waals surface area contributed by atoms with Crippen molar-refractivity contribution in [2.45, 2.75) is 38.5 Å². The summed E-state index contributed by atoms with van der Waals surface area (Å²) in [6, 6.07) is 0. The van der Waals surface area contributed by atoms with E-state index in [0.717, 1.165) is 35.5 Å². The molecule has 0 spiro atoms. The topological polar surface area (TPSA) is 0 Å². The first kappa shape index (κ1) is 15.6. The molecule has 0 aromatic carbocycles. The van der Waals surface area contributed by atoms with E-state index in [4.69, 9.17) is 0 Å². The average molecular weight is 343 g/mol. The van der Waals surface area contributed by atoms with E-state index in [-0.39, 0.29) is 0 Å². The lowest BCUT2D eigenvalue weighted by atomic mass is 9.77. The molecule has 3 saturated heterocycles. The molecule has 0 aromatic heterocycles. The molecular weight excluding hydrogens is 312 g/mol. The molecule has 0 unspecified atom stereocenters. The fourth-order valence-corrected chi connectivity index (χ4v) is 9.47. The van der Waals surface area contributed by atoms with Crippen LogP contribution < -0.4 is 0 Å². The highest BCUT2D eigenvalue weighted by Gasteiger charge is 2.34. The summed E-state index contributed by atoms with van der Waals surface area (Å²) in [4.78, 5) is 0. The minimum absolute atomic E-state index is 1.05. The molecule has 120 valence electrons. The maximum Gasteiger partial charge on any atom is -0.00388 e. The van der Waals surface area contributed by atoms with E-state index < -0.39 is 0 Å². The van der Waals surface area contributed by atoms with Crippen molar-refractivity contribution in [1.82, 2.24) is 0 Å². The van der Waals surface area contributed by atoms with Crippen LogP contribution in [-0.4, -0.2) is 34.5 Å². The maximum atomic E-state index is 2.33. The normalized spacial score (nSPS) is 48.0. The van der Waals surface area contributed by atoms with Crippen LogP contribution in [0.5, 0.6) is 0 Å². The van der Waals surface area contributed by atoms with Crippen molar-refractivity contribution in [1.29, 1.82) is 0 Å². The van der Waals surface area contributed by atoms with Gasteiger partial charge in [0.1, 0.15) is 0 Å². The minimum atomic E-state index is 1.05. The molecule has 6 bridgehead atoms. The van der Waals surface area contributed by atoms with Gasteiger partial charge in [-0.1, -0.05) is 0 Å². The minimum Gasteiger partial charge on any atom is -0.161 e. The van der Waals surface area contributed by atoms with E-state index in [2.05, 4.69) is 35.3 Å². The van der Waals surface area contributed by atoms with Crippen molar-refractivity contribution in [2.24, 2.45) is 35.5 Å². The van der Waals surface area contributed by atoms with Crippen LogP contribution in [0.4, 0.5) is 0 Å². The first-order chi connectivity index (χ1) is 10.3. The lowest BCUT2D eigenvalue weighted by molar-refractivity contribution is 0.231. The van der Waals surface area contributed by atoms with Crippen molar-refractivity contribution in [2.75, 3.05) is 34.5 Å². The van der Waals surface area contributed by atoms with Gasteiger partial charge in [-0.15, -0.1) is 0 Å². The van der Waals surface area contributed by atoms with Gasteiger partial charge in [-0.2, -0.15) is 35.3 Å². The fourth-order valence-electron chi connectivity index (χ4n) is 5.43. The van der Waals surface area contributed by atoms with Gasteiger partial charge in [0, 0.05) is 0 Å². The van der Waals surface area contributed by atoms with E-state index in [1.807, 2.05) is 0 Å². The zero-order valence-corrected chi connectivity index (χ0v) is 15.6. The molecule has 21 heavy (non-hydrogen) atoms. The summed E-state index contributed by atoms with van der Waals surface area (Å²) in [6.45, 7) is 0. The summed E-state index contributed by atoms with van der Waals surface area (Å²) in [5.41, 5.74) is 0. The van der Waals surface area contributed by atoms with Gasteiger partial charge in [0.05, 0.1) is 0 Å². The average Bonchev–Trinajstić information content (AvgIpc) is 2.45. The predicted octanol–water partition coefficient (Wildman–Crippen LogP) is 5.28. The van der Waals surface area contributed by atoms with Crippen molar-refractivity contribution in [3.8, 4) is 0 Å². The molecule has 5 rings (SSSR count). The SMILES string of the molecule is C1SCC2CC3CSCC4CC1CC(CSCC(C2)C3)C4. The lowest BCUT2D eigenvalue weighted by Gasteiger charge is -2.40. The lowest BCUT2D eigenvalue weighted by Crippen LogP contribution is -2.32. The van der Waals surface area contributed by atoms with Crippen LogP contribution in [0, 0.1) is 35.5 Å². The standard InChI is InChI=1S/C18H30S3/c1-13-2-15-3-14(1)8-20-11-17-4-16(10-19-7-13)5-18(6-17)12-21-9-15/h13-18H,1-12H2. The molecule has 3 heterocycles. The maximum absolute atomic E-state index is 2.33. The van der Waals surface area contributed by atoms with Crippen molar-refractivity contribution < 1.29 is 0 Å². The Morgan fingerprint density at radius 1 is 0.333 bits per heavy atom.